The minimum Gasteiger partial charge on any atom is -0.119 e. The van der Waals surface area contributed by atoms with Crippen LogP contribution in [0.2, 0.25) is 0 Å². The largest absolute Gasteiger partial charge is 0.697 e. The number of hydrogen-bond donors (Lipinski definition) is 0. The molecule has 1 unspecified atom stereocenters. The zero-order valence-electron chi connectivity index (χ0n) is 10.0. The van der Waals surface area contributed by atoms with E-state index in [0.29, 0.717) is 13.2 Å². The maximum atomic E-state index is 11.1. The van der Waals surface area contributed by atoms with E-state index in [4.69, 9.17) is 9.05 Å². The van der Waals surface area contributed by atoms with E-state index in [1.54, 1.807) is 0 Å². The van der Waals surface area contributed by atoms with E-state index in [2.05, 4.69) is 13.8 Å². The first-order valence-corrected chi connectivity index (χ1v) is 7.13. The van der Waals surface area contributed by atoms with Crippen molar-refractivity contribution >= 4 is 8.25 Å². The van der Waals surface area contributed by atoms with Crippen LogP contribution in [0.4, 0.5) is 0 Å². The fraction of sp³-hybridized carbons (Fsp3) is 1.00. The van der Waals surface area contributed by atoms with E-state index in [-0.39, 0.29) is 0 Å². The Morgan fingerprint density at radius 1 is 0.800 bits per heavy atom. The van der Waals surface area contributed by atoms with Crippen LogP contribution in [0, 0.1) is 0 Å². The topological polar surface area (TPSA) is 35.5 Å². The van der Waals surface area contributed by atoms with E-state index < -0.39 is 8.25 Å². The first-order chi connectivity index (χ1) is 7.31. The van der Waals surface area contributed by atoms with Crippen LogP contribution in [0.3, 0.4) is 0 Å². The van der Waals surface area contributed by atoms with Crippen molar-refractivity contribution in [3.63, 3.8) is 0 Å². The smallest absolute Gasteiger partial charge is 0.119 e. The van der Waals surface area contributed by atoms with Crippen molar-refractivity contribution in [3.05, 3.63) is 0 Å². The predicted octanol–water partition coefficient (Wildman–Crippen LogP) is 4.45. The van der Waals surface area contributed by atoms with Gasteiger partial charge in [-0.3, -0.25) is 0 Å². The minimum absolute atomic E-state index is 0.543. The first kappa shape index (κ1) is 15.0. The molecular weight excluding hydrogens is 211 g/mol. The van der Waals surface area contributed by atoms with Gasteiger partial charge < -0.3 is 0 Å². The van der Waals surface area contributed by atoms with Gasteiger partial charge in [0.2, 0.25) is 0 Å². The van der Waals surface area contributed by atoms with Crippen LogP contribution in [0.25, 0.3) is 0 Å². The molecule has 4 heteroatoms. The van der Waals surface area contributed by atoms with Gasteiger partial charge in [0.25, 0.3) is 0 Å². The molecule has 1 atom stereocenters. The highest BCUT2D eigenvalue weighted by atomic mass is 31.1. The summed E-state index contributed by atoms with van der Waals surface area (Å²) in [4.78, 5) is 0. The predicted molar refractivity (Wildman–Crippen MR) is 63.2 cm³/mol. The molecule has 0 saturated carbocycles. The second-order valence-corrected chi connectivity index (χ2v) is 4.62. The van der Waals surface area contributed by atoms with E-state index in [9.17, 15) is 4.57 Å². The summed E-state index contributed by atoms with van der Waals surface area (Å²) in [5.41, 5.74) is 0. The van der Waals surface area contributed by atoms with Crippen LogP contribution < -0.4 is 0 Å². The Balaban J connectivity index is 3.10. The second kappa shape index (κ2) is 12.1. The second-order valence-electron chi connectivity index (χ2n) is 3.66. The summed E-state index contributed by atoms with van der Waals surface area (Å²) >= 11 is 0. The van der Waals surface area contributed by atoms with Gasteiger partial charge in [-0.05, 0) is 12.8 Å². The SMILES string of the molecule is CCCCCCCO[P+](=O)OCCCC. The molecule has 0 N–H and O–H groups in total. The molecule has 0 heterocycles. The molecule has 0 saturated heterocycles. The average molecular weight is 235 g/mol. The van der Waals surface area contributed by atoms with Crippen LogP contribution in [-0.2, 0) is 13.6 Å². The lowest BCUT2D eigenvalue weighted by molar-refractivity contribution is 0.219. The maximum absolute atomic E-state index is 11.1. The number of unbranched alkanes of at least 4 members (excludes halogenated alkanes) is 5. The van der Waals surface area contributed by atoms with Gasteiger partial charge in [0.1, 0.15) is 13.2 Å². The highest BCUT2D eigenvalue weighted by Gasteiger charge is 2.18. The number of hydrogen-bond acceptors (Lipinski definition) is 3. The van der Waals surface area contributed by atoms with Crippen molar-refractivity contribution in [1.29, 1.82) is 0 Å². The van der Waals surface area contributed by atoms with Gasteiger partial charge in [-0.25, -0.2) is 0 Å². The molecule has 3 nitrogen and oxygen atoms in total. The Morgan fingerprint density at radius 2 is 1.33 bits per heavy atom. The van der Waals surface area contributed by atoms with Gasteiger partial charge in [-0.2, -0.15) is 0 Å². The highest BCUT2D eigenvalue weighted by Crippen LogP contribution is 2.24. The third-order valence-corrected chi connectivity index (χ3v) is 2.93. The molecule has 0 aromatic carbocycles. The summed E-state index contributed by atoms with van der Waals surface area (Å²) in [7, 11) is -1.87. The maximum Gasteiger partial charge on any atom is 0.697 e. The van der Waals surface area contributed by atoms with Gasteiger partial charge in [0.05, 0.1) is 0 Å². The molecule has 0 fully saturated rings. The monoisotopic (exact) mass is 235 g/mol. The molecule has 0 aliphatic carbocycles. The van der Waals surface area contributed by atoms with E-state index >= 15 is 0 Å². The number of rotatable bonds is 11. The fourth-order valence-corrected chi connectivity index (χ4v) is 1.80. The molecule has 15 heavy (non-hydrogen) atoms. The van der Waals surface area contributed by atoms with Gasteiger partial charge >= 0.3 is 8.25 Å². The van der Waals surface area contributed by atoms with Crippen molar-refractivity contribution in [3.8, 4) is 0 Å². The molecule has 0 radical (unpaired) electrons. The lowest BCUT2D eigenvalue weighted by Crippen LogP contribution is -1.91. The Hall–Kier alpha value is 0.0200. The third kappa shape index (κ3) is 11.9. The molecular formula is C11H24O3P+. The zero-order valence-corrected chi connectivity index (χ0v) is 10.9. The molecule has 0 aromatic heterocycles. The van der Waals surface area contributed by atoms with Crippen LogP contribution in [-0.4, -0.2) is 13.2 Å². The Kier molecular flexibility index (Phi) is 12.1. The lowest BCUT2D eigenvalue weighted by atomic mass is 10.2. The quantitative estimate of drug-likeness (QED) is 0.392. The summed E-state index contributed by atoms with van der Waals surface area (Å²) in [5.74, 6) is 0. The standard InChI is InChI=1S/C11H24O3P/c1-3-5-7-8-9-11-14-15(12)13-10-6-4-2/h3-11H2,1-2H3/q+1. The molecule has 0 aromatic rings. The van der Waals surface area contributed by atoms with Crippen molar-refractivity contribution in [2.45, 2.75) is 58.8 Å². The Labute approximate surface area is 94.5 Å². The van der Waals surface area contributed by atoms with E-state index in [0.717, 1.165) is 25.7 Å². The molecule has 0 amide bonds. The summed E-state index contributed by atoms with van der Waals surface area (Å²) in [5, 5.41) is 0. The molecule has 0 spiro atoms. The van der Waals surface area contributed by atoms with Gasteiger partial charge in [-0.15, -0.1) is 9.05 Å². The fourth-order valence-electron chi connectivity index (χ4n) is 1.17. The van der Waals surface area contributed by atoms with Crippen molar-refractivity contribution < 1.29 is 13.6 Å². The molecule has 0 rings (SSSR count). The van der Waals surface area contributed by atoms with Gasteiger partial charge in [-0.1, -0.05) is 46.0 Å². The minimum atomic E-state index is -1.87. The third-order valence-electron chi connectivity index (χ3n) is 2.14. The summed E-state index contributed by atoms with van der Waals surface area (Å²) in [6, 6.07) is 0. The molecule has 0 bridgehead atoms. The normalized spacial score (nSPS) is 11.7. The van der Waals surface area contributed by atoms with E-state index in [1.165, 1.54) is 19.3 Å². The van der Waals surface area contributed by atoms with E-state index in [1.807, 2.05) is 0 Å². The summed E-state index contributed by atoms with van der Waals surface area (Å²) < 4.78 is 21.2. The molecule has 90 valence electrons. The van der Waals surface area contributed by atoms with Crippen LogP contribution in [0.5, 0.6) is 0 Å². The zero-order chi connectivity index (χ0) is 11.4. The van der Waals surface area contributed by atoms with Crippen LogP contribution >= 0.6 is 8.25 Å². The van der Waals surface area contributed by atoms with Crippen molar-refractivity contribution in [2.75, 3.05) is 13.2 Å². The average Bonchev–Trinajstić information content (AvgIpc) is 2.23. The Bertz CT molecular complexity index is 151. The van der Waals surface area contributed by atoms with Crippen molar-refractivity contribution in [2.24, 2.45) is 0 Å². The van der Waals surface area contributed by atoms with Gasteiger partial charge in [0.15, 0.2) is 0 Å². The summed E-state index contributed by atoms with van der Waals surface area (Å²) in [6.07, 6.45) is 7.91. The van der Waals surface area contributed by atoms with Crippen molar-refractivity contribution in [1.82, 2.24) is 0 Å². The van der Waals surface area contributed by atoms with Crippen LogP contribution in [0.1, 0.15) is 58.8 Å². The molecule has 0 aliphatic rings. The van der Waals surface area contributed by atoms with Crippen LogP contribution in [0.15, 0.2) is 0 Å². The lowest BCUT2D eigenvalue weighted by Gasteiger charge is -1.95. The van der Waals surface area contributed by atoms with Gasteiger partial charge in [0, 0.05) is 4.57 Å². The molecule has 0 aliphatic heterocycles. The highest BCUT2D eigenvalue weighted by molar-refractivity contribution is 7.33. The first-order valence-electron chi connectivity index (χ1n) is 6.04. The Morgan fingerprint density at radius 3 is 1.93 bits per heavy atom. The summed E-state index contributed by atoms with van der Waals surface area (Å²) in [6.45, 7) is 5.37.